The molecule has 6 rings (SSSR count). The van der Waals surface area contributed by atoms with Gasteiger partial charge in [-0.2, -0.15) is 0 Å². The van der Waals surface area contributed by atoms with Crippen molar-refractivity contribution in [3.8, 4) is 11.5 Å². The molecule has 0 atom stereocenters. The molecule has 0 saturated carbocycles. The molecule has 3 amide bonds. The van der Waals surface area contributed by atoms with Crippen LogP contribution in [0.5, 0.6) is 0 Å². The van der Waals surface area contributed by atoms with Gasteiger partial charge in [0.15, 0.2) is 5.82 Å². The topological polar surface area (TPSA) is 129 Å². The van der Waals surface area contributed by atoms with Crippen molar-refractivity contribution in [3.63, 3.8) is 0 Å². The first-order chi connectivity index (χ1) is 21.2. The molecule has 5 heterocycles. The maximum atomic E-state index is 13.1. The molecular weight excluding hydrogens is 600 g/mol. The van der Waals surface area contributed by atoms with Crippen molar-refractivity contribution in [2.75, 3.05) is 36.8 Å². The molecule has 0 unspecified atom stereocenters. The van der Waals surface area contributed by atoms with E-state index in [1.165, 1.54) is 30.6 Å². The summed E-state index contributed by atoms with van der Waals surface area (Å²) in [5.41, 5.74) is 4.25. The van der Waals surface area contributed by atoms with Crippen LogP contribution >= 0.6 is 22.9 Å². The van der Waals surface area contributed by atoms with Crippen molar-refractivity contribution in [1.82, 2.24) is 29.3 Å². The zero-order valence-electron chi connectivity index (χ0n) is 24.4. The zero-order valence-corrected chi connectivity index (χ0v) is 26.0. The van der Waals surface area contributed by atoms with Gasteiger partial charge in [0.2, 0.25) is 0 Å². The van der Waals surface area contributed by atoms with E-state index in [-0.39, 0.29) is 17.7 Å². The van der Waals surface area contributed by atoms with Gasteiger partial charge in [0.05, 0.1) is 33.1 Å². The number of thiophene rings is 1. The number of anilines is 2. The van der Waals surface area contributed by atoms with Crippen LogP contribution in [0.15, 0.2) is 54.2 Å². The fraction of sp³-hybridized carbons (Fsp3) is 0.290. The highest BCUT2D eigenvalue weighted by Gasteiger charge is 2.19. The Hall–Kier alpha value is -4.39. The van der Waals surface area contributed by atoms with E-state index in [9.17, 15) is 14.4 Å². The largest absolute Gasteiger partial charge is 0.351 e. The van der Waals surface area contributed by atoms with Crippen LogP contribution in [-0.2, 0) is 14.1 Å². The summed E-state index contributed by atoms with van der Waals surface area (Å²) in [7, 11) is 3.60. The summed E-state index contributed by atoms with van der Waals surface area (Å²) in [5, 5.41) is 10.9. The number of aromatic amines is 1. The zero-order chi connectivity index (χ0) is 30.8. The molecule has 0 bridgehead atoms. The number of halogens is 1. The molecule has 13 heteroatoms. The van der Waals surface area contributed by atoms with E-state index in [1.54, 1.807) is 47.6 Å². The monoisotopic (exact) mass is 632 g/mol. The molecule has 1 aromatic carbocycles. The maximum Gasteiger partial charge on any atom is 0.272 e. The first kappa shape index (κ1) is 29.7. The molecule has 4 N–H and O–H groups in total. The van der Waals surface area contributed by atoms with E-state index in [1.807, 2.05) is 29.8 Å². The minimum Gasteiger partial charge on any atom is -0.351 e. The van der Waals surface area contributed by atoms with Gasteiger partial charge in [-0.1, -0.05) is 18.0 Å². The van der Waals surface area contributed by atoms with E-state index in [2.05, 4.69) is 25.8 Å². The third-order valence-corrected chi connectivity index (χ3v) is 9.07. The quantitative estimate of drug-likeness (QED) is 0.174. The Morgan fingerprint density at radius 2 is 1.68 bits per heavy atom. The SMILES string of the molecule is Cn1cc(NC(=O)c2sccc2Cl)cc1C(=O)Nc1cc(-c2nc3ccc(C(=O)NCCN4CCCCC4)cc3[nH]2)n(C)c1. The second-order valence-electron chi connectivity index (χ2n) is 10.9. The second kappa shape index (κ2) is 12.7. The fourth-order valence-corrected chi connectivity index (χ4v) is 6.49. The molecule has 1 saturated heterocycles. The van der Waals surface area contributed by atoms with Gasteiger partial charge in [0.25, 0.3) is 17.7 Å². The predicted molar refractivity (Wildman–Crippen MR) is 174 cm³/mol. The molecule has 1 aliphatic heterocycles. The predicted octanol–water partition coefficient (Wildman–Crippen LogP) is 5.34. The first-order valence-electron chi connectivity index (χ1n) is 14.4. The molecule has 4 aromatic heterocycles. The van der Waals surface area contributed by atoms with Crippen molar-refractivity contribution in [3.05, 3.63) is 75.3 Å². The lowest BCUT2D eigenvalue weighted by molar-refractivity contribution is 0.0945. The van der Waals surface area contributed by atoms with Gasteiger partial charge < -0.3 is 35.0 Å². The number of imidazole rings is 1. The molecule has 0 radical (unpaired) electrons. The highest BCUT2D eigenvalue weighted by atomic mass is 35.5. The third-order valence-electron chi connectivity index (χ3n) is 7.73. The summed E-state index contributed by atoms with van der Waals surface area (Å²) in [4.78, 5) is 49.3. The summed E-state index contributed by atoms with van der Waals surface area (Å²) in [6.45, 7) is 3.68. The van der Waals surface area contributed by atoms with E-state index < -0.39 is 0 Å². The normalized spacial score (nSPS) is 13.7. The number of nitrogens with zero attached hydrogens (tertiary/aromatic N) is 4. The first-order valence-corrected chi connectivity index (χ1v) is 15.7. The van der Waals surface area contributed by atoms with Gasteiger partial charge in [0.1, 0.15) is 10.6 Å². The van der Waals surface area contributed by atoms with Gasteiger partial charge in [-0.05, 0) is 67.7 Å². The van der Waals surface area contributed by atoms with Gasteiger partial charge in [-0.25, -0.2) is 4.98 Å². The Morgan fingerprint density at radius 1 is 0.932 bits per heavy atom. The number of H-pyrrole nitrogens is 1. The van der Waals surface area contributed by atoms with Crippen LogP contribution in [0.4, 0.5) is 11.4 Å². The average Bonchev–Trinajstić information content (AvgIpc) is 3.79. The van der Waals surface area contributed by atoms with Crippen molar-refractivity contribution in [1.29, 1.82) is 0 Å². The third kappa shape index (κ3) is 6.42. The number of piperidine rings is 1. The van der Waals surface area contributed by atoms with E-state index in [4.69, 9.17) is 16.6 Å². The van der Waals surface area contributed by atoms with Crippen molar-refractivity contribution in [2.45, 2.75) is 19.3 Å². The average molecular weight is 633 g/mol. The van der Waals surface area contributed by atoms with Gasteiger partial charge in [0, 0.05) is 45.1 Å². The highest BCUT2D eigenvalue weighted by molar-refractivity contribution is 7.12. The molecular formula is C31H33ClN8O3S. The molecule has 1 fully saturated rings. The van der Waals surface area contributed by atoms with Crippen molar-refractivity contribution < 1.29 is 14.4 Å². The number of carbonyl (C=O) groups excluding carboxylic acids is 3. The van der Waals surface area contributed by atoms with Crippen molar-refractivity contribution in [2.24, 2.45) is 14.1 Å². The van der Waals surface area contributed by atoms with E-state index in [0.29, 0.717) is 44.9 Å². The molecule has 5 aromatic rings. The fourth-order valence-electron chi connectivity index (χ4n) is 5.45. The Labute approximate surface area is 263 Å². The lowest BCUT2D eigenvalue weighted by Gasteiger charge is -2.26. The van der Waals surface area contributed by atoms with Crippen LogP contribution in [0, 0.1) is 0 Å². The van der Waals surface area contributed by atoms with Crippen LogP contribution in [-0.4, -0.2) is 67.9 Å². The number of aromatic nitrogens is 4. The van der Waals surface area contributed by atoms with E-state index >= 15 is 0 Å². The number of rotatable bonds is 9. The Kier molecular flexibility index (Phi) is 8.56. The number of carbonyl (C=O) groups is 3. The lowest BCUT2D eigenvalue weighted by Crippen LogP contribution is -2.37. The van der Waals surface area contributed by atoms with Crippen LogP contribution in [0.1, 0.15) is 49.8 Å². The Bertz CT molecular complexity index is 1840. The van der Waals surface area contributed by atoms with Crippen LogP contribution in [0.3, 0.4) is 0 Å². The lowest BCUT2D eigenvalue weighted by atomic mass is 10.1. The number of hydrogen-bond donors (Lipinski definition) is 4. The molecule has 44 heavy (non-hydrogen) atoms. The highest BCUT2D eigenvalue weighted by Crippen LogP contribution is 2.27. The summed E-state index contributed by atoms with van der Waals surface area (Å²) >= 11 is 7.32. The summed E-state index contributed by atoms with van der Waals surface area (Å²) in [6.07, 6.45) is 7.21. The molecule has 228 valence electrons. The maximum absolute atomic E-state index is 13.1. The summed E-state index contributed by atoms with van der Waals surface area (Å²) < 4.78 is 3.51. The number of benzene rings is 1. The van der Waals surface area contributed by atoms with Crippen LogP contribution < -0.4 is 16.0 Å². The Balaban J connectivity index is 1.11. The van der Waals surface area contributed by atoms with E-state index in [0.717, 1.165) is 36.4 Å². The van der Waals surface area contributed by atoms with Crippen molar-refractivity contribution >= 4 is 63.1 Å². The Morgan fingerprint density at radius 3 is 2.45 bits per heavy atom. The number of fused-ring (bicyclic) bond motifs is 1. The number of nitrogens with one attached hydrogen (secondary N) is 4. The van der Waals surface area contributed by atoms with Crippen LogP contribution in [0.25, 0.3) is 22.6 Å². The van der Waals surface area contributed by atoms with Gasteiger partial charge >= 0.3 is 0 Å². The minimum atomic E-state index is -0.333. The number of hydrogen-bond acceptors (Lipinski definition) is 6. The summed E-state index contributed by atoms with van der Waals surface area (Å²) in [6, 6.07) is 10.5. The van der Waals surface area contributed by atoms with Gasteiger partial charge in [-0.3, -0.25) is 14.4 Å². The second-order valence-corrected chi connectivity index (χ2v) is 12.3. The van der Waals surface area contributed by atoms with Gasteiger partial charge in [-0.15, -0.1) is 11.3 Å². The summed E-state index contributed by atoms with van der Waals surface area (Å²) in [5.74, 6) is -0.161. The molecule has 1 aliphatic rings. The number of aryl methyl sites for hydroxylation is 2. The standard InChI is InChI=1S/C31H33ClN8O3S/c1-38-17-20(34-30(42)26-16-21(18-39(26)2)35-31(43)27-22(32)8-13-44-27)15-25(38)28-36-23-7-6-19(14-24(23)37-28)29(41)33-9-12-40-10-4-3-5-11-40/h6-8,13-18H,3-5,9-12H2,1-2H3,(H,33,41)(H,34,42)(H,35,43)(H,36,37). The molecule has 0 aliphatic carbocycles. The smallest absolute Gasteiger partial charge is 0.272 e. The molecule has 0 spiro atoms. The van der Waals surface area contributed by atoms with Crippen LogP contribution in [0.2, 0.25) is 5.02 Å². The number of likely N-dealkylation sites (tertiary alicyclic amines) is 1. The molecule has 11 nitrogen and oxygen atoms in total. The minimum absolute atomic E-state index is 0.109. The number of amides is 3.